The minimum Gasteiger partial charge on any atom is -0.336 e. The smallest absolute Gasteiger partial charge is 0.291 e. The topological polar surface area (TPSA) is 51.0 Å². The Labute approximate surface area is 111 Å². The molecule has 5 nitrogen and oxygen atoms in total. The highest BCUT2D eigenvalue weighted by molar-refractivity contribution is 5.91. The zero-order valence-electron chi connectivity index (χ0n) is 10.9. The molecule has 1 aromatic carbocycles. The molecule has 0 spiro atoms. The van der Waals surface area contributed by atoms with Gasteiger partial charge >= 0.3 is 0 Å². The molecule has 19 heavy (non-hydrogen) atoms. The van der Waals surface area contributed by atoms with Gasteiger partial charge in [-0.15, -0.1) is 0 Å². The number of carbonyl (C=O) groups excluding carboxylic acids is 1. The summed E-state index contributed by atoms with van der Waals surface area (Å²) in [5.74, 6) is 1.00. The minimum absolute atomic E-state index is 0.0188. The first kappa shape index (κ1) is 11.9. The summed E-state index contributed by atoms with van der Waals surface area (Å²) in [7, 11) is 1.77. The molecular formula is C14H16N4O. The summed E-state index contributed by atoms with van der Waals surface area (Å²) in [5, 5.41) is 4.33. The van der Waals surface area contributed by atoms with Crippen LogP contribution in [0.4, 0.5) is 0 Å². The van der Waals surface area contributed by atoms with Gasteiger partial charge in [-0.3, -0.25) is 4.79 Å². The van der Waals surface area contributed by atoms with Gasteiger partial charge < -0.3 is 4.90 Å². The van der Waals surface area contributed by atoms with Crippen LogP contribution in [0.2, 0.25) is 0 Å². The van der Waals surface area contributed by atoms with E-state index >= 15 is 0 Å². The van der Waals surface area contributed by atoms with Gasteiger partial charge in [0.05, 0.1) is 0 Å². The molecule has 1 aliphatic rings. The van der Waals surface area contributed by atoms with Gasteiger partial charge in [0.25, 0.3) is 5.91 Å². The number of aryl methyl sites for hydroxylation is 1. The molecule has 1 aromatic heterocycles. The lowest BCUT2D eigenvalue weighted by Gasteiger charge is -2.13. The highest BCUT2D eigenvalue weighted by Gasteiger charge is 2.24. The second kappa shape index (κ2) is 4.84. The Morgan fingerprint density at radius 2 is 1.84 bits per heavy atom. The average molecular weight is 256 g/mol. The minimum atomic E-state index is -0.0188. The standard InChI is InChI=1S/C14H16N4O/c1-17-13(14(19)18-9-5-6-10-18)15-12(16-17)11-7-3-2-4-8-11/h2-4,7-8H,5-6,9-10H2,1H3. The molecule has 1 aliphatic heterocycles. The highest BCUT2D eigenvalue weighted by Crippen LogP contribution is 2.17. The molecule has 0 saturated carbocycles. The molecule has 5 heteroatoms. The number of carbonyl (C=O) groups is 1. The predicted molar refractivity (Wildman–Crippen MR) is 71.6 cm³/mol. The van der Waals surface area contributed by atoms with Crippen molar-refractivity contribution in [2.75, 3.05) is 13.1 Å². The first-order valence-corrected chi connectivity index (χ1v) is 6.51. The summed E-state index contributed by atoms with van der Waals surface area (Å²) < 4.78 is 1.57. The molecule has 2 aromatic rings. The van der Waals surface area contributed by atoms with Gasteiger partial charge in [0.2, 0.25) is 5.82 Å². The van der Waals surface area contributed by atoms with Crippen LogP contribution in [-0.4, -0.2) is 38.7 Å². The fourth-order valence-electron chi connectivity index (χ4n) is 2.34. The van der Waals surface area contributed by atoms with E-state index in [9.17, 15) is 4.79 Å². The van der Waals surface area contributed by atoms with Crippen LogP contribution in [0.25, 0.3) is 11.4 Å². The lowest BCUT2D eigenvalue weighted by Crippen LogP contribution is -2.30. The van der Waals surface area contributed by atoms with Crippen LogP contribution in [0.15, 0.2) is 30.3 Å². The Bertz CT molecular complexity index is 585. The monoisotopic (exact) mass is 256 g/mol. The van der Waals surface area contributed by atoms with E-state index in [0.29, 0.717) is 11.6 Å². The number of hydrogen-bond acceptors (Lipinski definition) is 3. The number of hydrogen-bond donors (Lipinski definition) is 0. The van der Waals surface area contributed by atoms with Crippen molar-refractivity contribution in [2.24, 2.45) is 7.05 Å². The summed E-state index contributed by atoms with van der Waals surface area (Å²) in [6.45, 7) is 1.65. The summed E-state index contributed by atoms with van der Waals surface area (Å²) in [5.41, 5.74) is 0.929. The van der Waals surface area contributed by atoms with E-state index in [1.807, 2.05) is 35.2 Å². The van der Waals surface area contributed by atoms with Crippen LogP contribution in [-0.2, 0) is 7.05 Å². The zero-order valence-corrected chi connectivity index (χ0v) is 10.9. The molecule has 0 radical (unpaired) electrons. The number of nitrogens with zero attached hydrogens (tertiary/aromatic N) is 4. The second-order valence-electron chi connectivity index (χ2n) is 4.75. The zero-order chi connectivity index (χ0) is 13.2. The molecule has 1 fully saturated rings. The predicted octanol–water partition coefficient (Wildman–Crippen LogP) is 1.72. The maximum Gasteiger partial charge on any atom is 0.291 e. The Hall–Kier alpha value is -2.17. The Morgan fingerprint density at radius 3 is 2.53 bits per heavy atom. The Balaban J connectivity index is 1.91. The number of benzene rings is 1. The van der Waals surface area contributed by atoms with Crippen LogP contribution in [0.5, 0.6) is 0 Å². The highest BCUT2D eigenvalue weighted by atomic mass is 16.2. The van der Waals surface area contributed by atoms with Gasteiger partial charge in [-0.1, -0.05) is 30.3 Å². The fraction of sp³-hybridized carbons (Fsp3) is 0.357. The van der Waals surface area contributed by atoms with Crippen molar-refractivity contribution in [1.29, 1.82) is 0 Å². The molecule has 1 amide bonds. The molecule has 0 N–H and O–H groups in total. The van der Waals surface area contributed by atoms with Crippen LogP contribution in [0, 0.1) is 0 Å². The van der Waals surface area contributed by atoms with Crippen molar-refractivity contribution in [1.82, 2.24) is 19.7 Å². The first-order valence-electron chi connectivity index (χ1n) is 6.51. The molecule has 0 unspecified atom stereocenters. The largest absolute Gasteiger partial charge is 0.336 e. The van der Waals surface area contributed by atoms with Gasteiger partial charge in [0.1, 0.15) is 0 Å². The van der Waals surface area contributed by atoms with Gasteiger partial charge in [0.15, 0.2) is 5.82 Å². The normalized spacial score (nSPS) is 14.9. The van der Waals surface area contributed by atoms with Gasteiger partial charge in [-0.25, -0.2) is 9.67 Å². The van der Waals surface area contributed by atoms with E-state index in [4.69, 9.17) is 0 Å². The number of rotatable bonds is 2. The van der Waals surface area contributed by atoms with Crippen molar-refractivity contribution in [3.63, 3.8) is 0 Å². The average Bonchev–Trinajstić information content (AvgIpc) is 3.08. The lowest BCUT2D eigenvalue weighted by molar-refractivity contribution is 0.0776. The van der Waals surface area contributed by atoms with E-state index < -0.39 is 0 Å². The molecule has 3 rings (SSSR count). The molecule has 1 saturated heterocycles. The Kier molecular flexibility index (Phi) is 3.03. The van der Waals surface area contributed by atoms with Gasteiger partial charge in [-0.2, -0.15) is 5.10 Å². The summed E-state index contributed by atoms with van der Waals surface area (Å²) in [6.07, 6.45) is 2.16. The van der Waals surface area contributed by atoms with Crippen molar-refractivity contribution in [3.8, 4) is 11.4 Å². The van der Waals surface area contributed by atoms with E-state index in [2.05, 4.69) is 10.1 Å². The molecular weight excluding hydrogens is 240 g/mol. The van der Waals surface area contributed by atoms with Crippen LogP contribution in [0.3, 0.4) is 0 Å². The van der Waals surface area contributed by atoms with Crippen molar-refractivity contribution < 1.29 is 4.79 Å². The molecule has 2 heterocycles. The number of aromatic nitrogens is 3. The van der Waals surface area contributed by atoms with Crippen molar-refractivity contribution in [2.45, 2.75) is 12.8 Å². The van der Waals surface area contributed by atoms with Crippen molar-refractivity contribution >= 4 is 5.91 Å². The molecule has 0 bridgehead atoms. The van der Waals surface area contributed by atoms with Gasteiger partial charge in [0, 0.05) is 25.7 Å². The van der Waals surface area contributed by atoms with Crippen molar-refractivity contribution in [3.05, 3.63) is 36.2 Å². The third kappa shape index (κ3) is 2.23. The van der Waals surface area contributed by atoms with Crippen LogP contribution >= 0.6 is 0 Å². The summed E-state index contributed by atoms with van der Waals surface area (Å²) >= 11 is 0. The molecule has 0 aliphatic carbocycles. The summed E-state index contributed by atoms with van der Waals surface area (Å²) in [6, 6.07) is 9.71. The second-order valence-corrected chi connectivity index (χ2v) is 4.75. The fourth-order valence-corrected chi connectivity index (χ4v) is 2.34. The Morgan fingerprint density at radius 1 is 1.16 bits per heavy atom. The quantitative estimate of drug-likeness (QED) is 0.822. The SMILES string of the molecule is Cn1nc(-c2ccccc2)nc1C(=O)N1CCCC1. The summed E-state index contributed by atoms with van der Waals surface area (Å²) in [4.78, 5) is 18.5. The first-order chi connectivity index (χ1) is 9.25. The number of amides is 1. The van der Waals surface area contributed by atoms with E-state index in [-0.39, 0.29) is 5.91 Å². The molecule has 98 valence electrons. The van der Waals surface area contributed by atoms with Crippen LogP contribution < -0.4 is 0 Å². The van der Waals surface area contributed by atoms with E-state index in [0.717, 1.165) is 31.5 Å². The number of likely N-dealkylation sites (tertiary alicyclic amines) is 1. The van der Waals surface area contributed by atoms with E-state index in [1.54, 1.807) is 11.7 Å². The lowest BCUT2D eigenvalue weighted by atomic mass is 10.2. The maximum atomic E-state index is 12.3. The van der Waals surface area contributed by atoms with Gasteiger partial charge in [-0.05, 0) is 12.8 Å². The maximum absolute atomic E-state index is 12.3. The third-order valence-electron chi connectivity index (χ3n) is 3.38. The van der Waals surface area contributed by atoms with Crippen LogP contribution in [0.1, 0.15) is 23.5 Å². The third-order valence-corrected chi connectivity index (χ3v) is 3.38. The molecule has 0 atom stereocenters. The van der Waals surface area contributed by atoms with E-state index in [1.165, 1.54) is 0 Å².